The summed E-state index contributed by atoms with van der Waals surface area (Å²) in [5.74, 6) is 0.0703. The lowest BCUT2D eigenvalue weighted by Gasteiger charge is -2.00. The van der Waals surface area contributed by atoms with Crippen LogP contribution in [0.5, 0.6) is 0 Å². The Labute approximate surface area is 125 Å². The van der Waals surface area contributed by atoms with Crippen molar-refractivity contribution in [2.45, 2.75) is 6.92 Å². The van der Waals surface area contributed by atoms with E-state index >= 15 is 0 Å². The zero-order valence-electron chi connectivity index (χ0n) is 11.4. The standard InChI is InChI=1S/C18H12O2S/c1-11-9-21-10-15(11)18(19)12-6-7-17-14(8-12)13-4-2-3-5-16(13)20-17/h2-10H,1H3. The maximum absolute atomic E-state index is 12.6. The van der Waals surface area contributed by atoms with E-state index in [1.54, 1.807) is 11.3 Å². The minimum absolute atomic E-state index is 0.0703. The highest BCUT2D eigenvalue weighted by atomic mass is 32.1. The number of furan rings is 1. The Kier molecular flexibility index (Phi) is 2.69. The molecule has 0 saturated carbocycles. The van der Waals surface area contributed by atoms with Gasteiger partial charge in [0, 0.05) is 27.3 Å². The third kappa shape index (κ3) is 1.89. The van der Waals surface area contributed by atoms with E-state index in [9.17, 15) is 4.79 Å². The Bertz CT molecular complexity index is 975. The van der Waals surface area contributed by atoms with Gasteiger partial charge in [0.1, 0.15) is 11.2 Å². The van der Waals surface area contributed by atoms with Gasteiger partial charge in [-0.25, -0.2) is 0 Å². The molecule has 0 aliphatic heterocycles. The van der Waals surface area contributed by atoms with E-state index in [-0.39, 0.29) is 5.78 Å². The molecule has 21 heavy (non-hydrogen) atoms. The fourth-order valence-electron chi connectivity index (χ4n) is 2.62. The maximum atomic E-state index is 12.6. The third-order valence-electron chi connectivity index (χ3n) is 3.74. The van der Waals surface area contributed by atoms with Gasteiger partial charge in [-0.3, -0.25) is 4.79 Å². The molecular formula is C18H12O2S. The second-order valence-electron chi connectivity index (χ2n) is 5.11. The van der Waals surface area contributed by atoms with Crippen molar-refractivity contribution in [1.82, 2.24) is 0 Å². The van der Waals surface area contributed by atoms with Crippen molar-refractivity contribution in [3.05, 3.63) is 69.9 Å². The van der Waals surface area contributed by atoms with Crippen LogP contribution in [0.25, 0.3) is 21.9 Å². The van der Waals surface area contributed by atoms with E-state index < -0.39 is 0 Å². The number of carbonyl (C=O) groups is 1. The summed E-state index contributed by atoms with van der Waals surface area (Å²) in [4.78, 5) is 12.6. The van der Waals surface area contributed by atoms with Crippen molar-refractivity contribution in [1.29, 1.82) is 0 Å². The second kappa shape index (κ2) is 4.57. The highest BCUT2D eigenvalue weighted by molar-refractivity contribution is 7.08. The van der Waals surface area contributed by atoms with Gasteiger partial charge in [0.2, 0.25) is 0 Å². The summed E-state index contributed by atoms with van der Waals surface area (Å²) < 4.78 is 5.79. The number of aryl methyl sites for hydroxylation is 1. The van der Waals surface area contributed by atoms with Crippen molar-refractivity contribution < 1.29 is 9.21 Å². The lowest BCUT2D eigenvalue weighted by Crippen LogP contribution is -2.00. The van der Waals surface area contributed by atoms with Crippen LogP contribution < -0.4 is 0 Å². The molecule has 0 radical (unpaired) electrons. The minimum atomic E-state index is 0.0703. The van der Waals surface area contributed by atoms with E-state index in [4.69, 9.17) is 4.42 Å². The van der Waals surface area contributed by atoms with Gasteiger partial charge in [0.05, 0.1) is 0 Å². The summed E-state index contributed by atoms with van der Waals surface area (Å²) in [6, 6.07) is 13.5. The van der Waals surface area contributed by atoms with Crippen molar-refractivity contribution >= 4 is 39.1 Å². The first-order valence-corrected chi connectivity index (χ1v) is 7.67. The number of fused-ring (bicyclic) bond motifs is 3. The number of carbonyl (C=O) groups excluding carboxylic acids is 1. The van der Waals surface area contributed by atoms with Crippen molar-refractivity contribution in [3.63, 3.8) is 0 Å². The molecule has 0 saturated heterocycles. The summed E-state index contributed by atoms with van der Waals surface area (Å²) >= 11 is 1.56. The van der Waals surface area contributed by atoms with Crippen LogP contribution in [0.1, 0.15) is 21.5 Å². The quantitative estimate of drug-likeness (QED) is 0.476. The maximum Gasteiger partial charge on any atom is 0.194 e. The Morgan fingerprint density at radius 2 is 1.81 bits per heavy atom. The molecule has 2 aromatic carbocycles. The molecule has 0 aliphatic carbocycles. The van der Waals surface area contributed by atoms with Gasteiger partial charge in [-0.05, 0) is 42.1 Å². The molecule has 102 valence electrons. The fraction of sp³-hybridized carbons (Fsp3) is 0.0556. The molecule has 0 unspecified atom stereocenters. The summed E-state index contributed by atoms with van der Waals surface area (Å²) in [7, 11) is 0. The predicted octanol–water partition coefficient (Wildman–Crippen LogP) is 5.19. The first-order chi connectivity index (χ1) is 10.2. The molecule has 0 atom stereocenters. The average molecular weight is 292 g/mol. The van der Waals surface area contributed by atoms with Crippen LogP contribution >= 0.6 is 11.3 Å². The van der Waals surface area contributed by atoms with Crippen LogP contribution in [0.2, 0.25) is 0 Å². The molecule has 2 aromatic heterocycles. The summed E-state index contributed by atoms with van der Waals surface area (Å²) in [6.07, 6.45) is 0. The summed E-state index contributed by atoms with van der Waals surface area (Å²) in [5, 5.41) is 5.95. The van der Waals surface area contributed by atoms with Gasteiger partial charge in [-0.2, -0.15) is 11.3 Å². The van der Waals surface area contributed by atoms with Gasteiger partial charge in [-0.15, -0.1) is 0 Å². The molecule has 0 bridgehead atoms. The third-order valence-corrected chi connectivity index (χ3v) is 4.60. The molecular weight excluding hydrogens is 280 g/mol. The topological polar surface area (TPSA) is 30.2 Å². The molecule has 0 aliphatic rings. The van der Waals surface area contributed by atoms with Crippen LogP contribution in [0, 0.1) is 6.92 Å². The minimum Gasteiger partial charge on any atom is -0.456 e. The van der Waals surface area contributed by atoms with E-state index in [1.165, 1.54) is 0 Å². The average Bonchev–Trinajstić information content (AvgIpc) is 3.09. The van der Waals surface area contributed by atoms with E-state index in [0.29, 0.717) is 5.56 Å². The number of hydrogen-bond acceptors (Lipinski definition) is 3. The van der Waals surface area contributed by atoms with Gasteiger partial charge in [0.15, 0.2) is 5.78 Å². The molecule has 4 aromatic rings. The largest absolute Gasteiger partial charge is 0.456 e. The Morgan fingerprint density at radius 1 is 1.00 bits per heavy atom. The van der Waals surface area contributed by atoms with Gasteiger partial charge in [-0.1, -0.05) is 18.2 Å². The Morgan fingerprint density at radius 3 is 2.62 bits per heavy atom. The van der Waals surface area contributed by atoms with E-state index in [0.717, 1.165) is 33.1 Å². The van der Waals surface area contributed by atoms with Crippen molar-refractivity contribution in [3.8, 4) is 0 Å². The molecule has 0 fully saturated rings. The first kappa shape index (κ1) is 12.4. The SMILES string of the molecule is Cc1cscc1C(=O)c1ccc2oc3ccccc3c2c1. The van der Waals surface area contributed by atoms with Crippen molar-refractivity contribution in [2.24, 2.45) is 0 Å². The molecule has 2 heterocycles. The van der Waals surface area contributed by atoms with Gasteiger partial charge < -0.3 is 4.42 Å². The van der Waals surface area contributed by atoms with Gasteiger partial charge >= 0.3 is 0 Å². The van der Waals surface area contributed by atoms with E-state index in [1.807, 2.05) is 60.1 Å². The number of benzene rings is 2. The highest BCUT2D eigenvalue weighted by Gasteiger charge is 2.15. The van der Waals surface area contributed by atoms with Crippen LogP contribution in [-0.4, -0.2) is 5.78 Å². The highest BCUT2D eigenvalue weighted by Crippen LogP contribution is 2.30. The van der Waals surface area contributed by atoms with Gasteiger partial charge in [0.25, 0.3) is 0 Å². The summed E-state index contributed by atoms with van der Waals surface area (Å²) in [5.41, 5.74) is 4.18. The lowest BCUT2D eigenvalue weighted by molar-refractivity contribution is 0.103. The van der Waals surface area contributed by atoms with E-state index in [2.05, 4.69) is 0 Å². The number of para-hydroxylation sites is 1. The summed E-state index contributed by atoms with van der Waals surface area (Å²) in [6.45, 7) is 1.97. The Hall–Kier alpha value is -2.39. The smallest absolute Gasteiger partial charge is 0.194 e. The number of ketones is 1. The number of hydrogen-bond donors (Lipinski definition) is 0. The predicted molar refractivity (Wildman–Crippen MR) is 86.2 cm³/mol. The fourth-order valence-corrected chi connectivity index (χ4v) is 3.44. The first-order valence-electron chi connectivity index (χ1n) is 6.73. The molecule has 0 amide bonds. The number of thiophene rings is 1. The second-order valence-corrected chi connectivity index (χ2v) is 5.85. The molecule has 3 heteroatoms. The van der Waals surface area contributed by atoms with Crippen LogP contribution in [0.15, 0.2) is 57.6 Å². The molecule has 0 N–H and O–H groups in total. The Balaban J connectivity index is 1.92. The normalized spacial score (nSPS) is 11.3. The van der Waals surface area contributed by atoms with Crippen LogP contribution in [-0.2, 0) is 0 Å². The zero-order chi connectivity index (χ0) is 14.4. The zero-order valence-corrected chi connectivity index (χ0v) is 12.2. The molecule has 2 nitrogen and oxygen atoms in total. The van der Waals surface area contributed by atoms with Crippen molar-refractivity contribution in [2.75, 3.05) is 0 Å². The monoisotopic (exact) mass is 292 g/mol. The lowest BCUT2D eigenvalue weighted by atomic mass is 10.0. The molecule has 4 rings (SSSR count). The van der Waals surface area contributed by atoms with Crippen LogP contribution in [0.3, 0.4) is 0 Å². The molecule has 0 spiro atoms. The van der Waals surface area contributed by atoms with Crippen LogP contribution in [0.4, 0.5) is 0 Å². The number of rotatable bonds is 2.